The van der Waals surface area contributed by atoms with Gasteiger partial charge in [0.05, 0.1) is 0 Å². The Labute approximate surface area is 115 Å². The van der Waals surface area contributed by atoms with Crippen molar-refractivity contribution in [3.05, 3.63) is 52.7 Å². The second kappa shape index (κ2) is 6.45. The van der Waals surface area contributed by atoms with Crippen molar-refractivity contribution in [2.45, 2.75) is 13.2 Å². The number of nitrogens with one attached hydrogen (secondary N) is 1. The molecule has 0 spiro atoms. The summed E-state index contributed by atoms with van der Waals surface area (Å²) in [7, 11) is 1.56. The van der Waals surface area contributed by atoms with Gasteiger partial charge in [-0.1, -0.05) is 23.7 Å². The Morgan fingerprint density at radius 2 is 2.16 bits per heavy atom. The van der Waals surface area contributed by atoms with Gasteiger partial charge in [-0.3, -0.25) is 0 Å². The number of rotatable bonds is 5. The number of hydrogen-bond donors (Lipinski definition) is 1. The highest BCUT2D eigenvalue weighted by Gasteiger charge is 2.03. The van der Waals surface area contributed by atoms with Crippen LogP contribution < -0.4 is 5.32 Å². The molecule has 0 saturated heterocycles. The minimum atomic E-state index is -0.264. The highest BCUT2D eigenvalue weighted by Crippen LogP contribution is 2.13. The van der Waals surface area contributed by atoms with Crippen molar-refractivity contribution in [3.8, 4) is 0 Å². The third kappa shape index (κ3) is 4.15. The van der Waals surface area contributed by atoms with Gasteiger partial charge in [0.1, 0.15) is 23.4 Å². The zero-order chi connectivity index (χ0) is 13.7. The summed E-state index contributed by atoms with van der Waals surface area (Å²) in [6.45, 7) is 0.743. The average Bonchev–Trinajstić information content (AvgIpc) is 2.36. The lowest BCUT2D eigenvalue weighted by molar-refractivity contribution is 0.178. The number of methoxy groups -OCH3 is 1. The Morgan fingerprint density at radius 3 is 2.89 bits per heavy atom. The molecule has 1 aromatic heterocycles. The third-order valence-corrected chi connectivity index (χ3v) is 2.57. The van der Waals surface area contributed by atoms with Crippen LogP contribution >= 0.6 is 11.6 Å². The Kier molecular flexibility index (Phi) is 4.65. The van der Waals surface area contributed by atoms with Crippen LogP contribution in [0.2, 0.25) is 5.15 Å². The predicted molar refractivity (Wildman–Crippen MR) is 71.5 cm³/mol. The molecule has 0 atom stereocenters. The van der Waals surface area contributed by atoms with E-state index in [9.17, 15) is 4.39 Å². The van der Waals surface area contributed by atoms with E-state index in [1.54, 1.807) is 19.2 Å². The molecule has 1 heterocycles. The van der Waals surface area contributed by atoms with Crippen LogP contribution in [0.5, 0.6) is 0 Å². The quantitative estimate of drug-likeness (QED) is 0.856. The molecule has 0 aliphatic carbocycles. The average molecular weight is 282 g/mol. The van der Waals surface area contributed by atoms with Crippen LogP contribution in [0.15, 0.2) is 30.3 Å². The molecular formula is C13H13ClFN3O. The van der Waals surface area contributed by atoms with Gasteiger partial charge in [-0.2, -0.15) is 0 Å². The minimum absolute atomic E-state index is 0.264. The third-order valence-electron chi connectivity index (χ3n) is 2.38. The molecule has 0 amide bonds. The van der Waals surface area contributed by atoms with Gasteiger partial charge in [-0.05, 0) is 17.7 Å². The van der Waals surface area contributed by atoms with Crippen molar-refractivity contribution in [2.24, 2.45) is 0 Å². The summed E-state index contributed by atoms with van der Waals surface area (Å²) in [5.41, 5.74) is 0.822. The highest BCUT2D eigenvalue weighted by molar-refractivity contribution is 6.29. The number of hydrogen-bond acceptors (Lipinski definition) is 4. The molecule has 0 fully saturated rings. The summed E-state index contributed by atoms with van der Waals surface area (Å²) in [6.07, 6.45) is 0. The normalized spacial score (nSPS) is 10.5. The number of halogens is 2. The molecule has 100 valence electrons. The molecule has 0 aliphatic rings. The molecule has 0 saturated carbocycles. The molecule has 1 aromatic carbocycles. The predicted octanol–water partition coefficient (Wildman–Crippen LogP) is 3.03. The molecule has 1 N–H and O–H groups in total. The van der Waals surface area contributed by atoms with E-state index in [0.717, 1.165) is 5.56 Å². The first-order valence-electron chi connectivity index (χ1n) is 5.68. The van der Waals surface area contributed by atoms with Crippen molar-refractivity contribution in [1.29, 1.82) is 0 Å². The Hall–Kier alpha value is -1.72. The van der Waals surface area contributed by atoms with Crippen molar-refractivity contribution in [2.75, 3.05) is 12.4 Å². The van der Waals surface area contributed by atoms with Gasteiger partial charge in [0.2, 0.25) is 0 Å². The van der Waals surface area contributed by atoms with E-state index in [4.69, 9.17) is 16.3 Å². The Balaban J connectivity index is 2.06. The number of nitrogens with zero attached hydrogens (tertiary/aromatic N) is 2. The maximum Gasteiger partial charge on any atom is 0.158 e. The molecule has 2 aromatic rings. The highest BCUT2D eigenvalue weighted by atomic mass is 35.5. The van der Waals surface area contributed by atoms with E-state index in [1.165, 1.54) is 12.1 Å². The lowest BCUT2D eigenvalue weighted by atomic mass is 10.2. The largest absolute Gasteiger partial charge is 0.377 e. The lowest BCUT2D eigenvalue weighted by Gasteiger charge is -2.08. The van der Waals surface area contributed by atoms with E-state index in [2.05, 4.69) is 15.3 Å². The summed E-state index contributed by atoms with van der Waals surface area (Å²) in [6, 6.07) is 7.97. The van der Waals surface area contributed by atoms with Crippen molar-refractivity contribution in [1.82, 2.24) is 9.97 Å². The summed E-state index contributed by atoms with van der Waals surface area (Å²) < 4.78 is 18.0. The first-order chi connectivity index (χ1) is 9.17. The Morgan fingerprint density at radius 1 is 1.32 bits per heavy atom. The molecule has 4 nitrogen and oxygen atoms in total. The second-order valence-corrected chi connectivity index (χ2v) is 4.30. The molecule has 2 rings (SSSR count). The fraction of sp³-hybridized carbons (Fsp3) is 0.231. The fourth-order valence-electron chi connectivity index (χ4n) is 1.59. The van der Waals surface area contributed by atoms with E-state index < -0.39 is 0 Å². The van der Waals surface area contributed by atoms with Gasteiger partial charge in [0, 0.05) is 19.7 Å². The first-order valence-corrected chi connectivity index (χ1v) is 6.06. The van der Waals surface area contributed by atoms with E-state index in [-0.39, 0.29) is 12.4 Å². The summed E-state index contributed by atoms with van der Waals surface area (Å²) in [5, 5.41) is 3.41. The topological polar surface area (TPSA) is 47.0 Å². The van der Waals surface area contributed by atoms with Crippen LogP contribution in [0.1, 0.15) is 11.4 Å². The van der Waals surface area contributed by atoms with Gasteiger partial charge in [0.25, 0.3) is 0 Å². The summed E-state index contributed by atoms with van der Waals surface area (Å²) in [5.74, 6) is 0.813. The maximum absolute atomic E-state index is 13.0. The standard InChI is InChI=1S/C13H13ClFN3O/c1-19-8-13-17-11(14)6-12(18-13)16-7-9-3-2-4-10(15)5-9/h2-6H,7-8H2,1H3,(H,16,17,18). The van der Waals surface area contributed by atoms with Gasteiger partial charge < -0.3 is 10.1 Å². The van der Waals surface area contributed by atoms with Crippen LogP contribution in [0.4, 0.5) is 10.2 Å². The number of aromatic nitrogens is 2. The minimum Gasteiger partial charge on any atom is -0.377 e. The van der Waals surface area contributed by atoms with Crippen LogP contribution in [-0.4, -0.2) is 17.1 Å². The smallest absolute Gasteiger partial charge is 0.158 e. The maximum atomic E-state index is 13.0. The molecule has 6 heteroatoms. The molecule has 0 unspecified atom stereocenters. The van der Waals surface area contributed by atoms with Crippen molar-refractivity contribution in [3.63, 3.8) is 0 Å². The molecule has 0 radical (unpaired) electrons. The Bertz CT molecular complexity index is 565. The van der Waals surface area contributed by atoms with Gasteiger partial charge in [-0.25, -0.2) is 14.4 Å². The van der Waals surface area contributed by atoms with E-state index in [0.29, 0.717) is 23.3 Å². The number of ether oxygens (including phenoxy) is 1. The van der Waals surface area contributed by atoms with E-state index in [1.807, 2.05) is 6.07 Å². The lowest BCUT2D eigenvalue weighted by Crippen LogP contribution is -2.05. The molecular weight excluding hydrogens is 269 g/mol. The van der Waals surface area contributed by atoms with Gasteiger partial charge >= 0.3 is 0 Å². The van der Waals surface area contributed by atoms with E-state index >= 15 is 0 Å². The zero-order valence-electron chi connectivity index (χ0n) is 10.4. The summed E-state index contributed by atoms with van der Waals surface area (Å²) in [4.78, 5) is 8.26. The SMILES string of the molecule is COCc1nc(Cl)cc(NCc2cccc(F)c2)n1. The fourth-order valence-corrected chi connectivity index (χ4v) is 1.79. The van der Waals surface area contributed by atoms with Gasteiger partial charge in [-0.15, -0.1) is 0 Å². The monoisotopic (exact) mass is 281 g/mol. The van der Waals surface area contributed by atoms with Crippen LogP contribution in [0, 0.1) is 5.82 Å². The molecule has 0 bridgehead atoms. The van der Waals surface area contributed by atoms with Crippen molar-refractivity contribution >= 4 is 17.4 Å². The molecule has 0 aliphatic heterocycles. The zero-order valence-corrected chi connectivity index (χ0v) is 11.1. The summed E-state index contributed by atoms with van der Waals surface area (Å²) >= 11 is 5.89. The number of anilines is 1. The van der Waals surface area contributed by atoms with Crippen LogP contribution in [0.3, 0.4) is 0 Å². The van der Waals surface area contributed by atoms with Gasteiger partial charge in [0.15, 0.2) is 5.82 Å². The van der Waals surface area contributed by atoms with Crippen LogP contribution in [-0.2, 0) is 17.9 Å². The number of benzene rings is 1. The molecule has 19 heavy (non-hydrogen) atoms. The first kappa shape index (κ1) is 13.7. The second-order valence-electron chi connectivity index (χ2n) is 3.91. The van der Waals surface area contributed by atoms with Crippen molar-refractivity contribution < 1.29 is 9.13 Å². The van der Waals surface area contributed by atoms with Crippen LogP contribution in [0.25, 0.3) is 0 Å².